The summed E-state index contributed by atoms with van der Waals surface area (Å²) in [4.78, 5) is 24.7. The van der Waals surface area contributed by atoms with E-state index in [0.717, 1.165) is 16.8 Å². The van der Waals surface area contributed by atoms with E-state index in [2.05, 4.69) is 15.5 Å². The van der Waals surface area contributed by atoms with Crippen LogP contribution < -0.4 is 5.32 Å². The third-order valence-electron chi connectivity index (χ3n) is 3.92. The number of esters is 1. The van der Waals surface area contributed by atoms with Gasteiger partial charge in [0.05, 0.1) is 23.0 Å². The highest BCUT2D eigenvalue weighted by Gasteiger charge is 2.17. The van der Waals surface area contributed by atoms with Crippen LogP contribution in [0.5, 0.6) is 0 Å². The number of amides is 1. The van der Waals surface area contributed by atoms with E-state index in [1.54, 1.807) is 23.9 Å². The maximum absolute atomic E-state index is 12.4. The fraction of sp³-hybridized carbons (Fsp3) is 0.263. The molecular weight excluding hydrogens is 432 g/mol. The summed E-state index contributed by atoms with van der Waals surface area (Å²) in [6.45, 7) is 5.80. The molecular formula is C19H19ClN4O3S2. The van der Waals surface area contributed by atoms with Gasteiger partial charge in [-0.05, 0) is 50.1 Å². The molecule has 3 rings (SSSR count). The third-order valence-corrected chi connectivity index (χ3v) is 6.41. The molecule has 10 heteroatoms. The van der Waals surface area contributed by atoms with E-state index in [-0.39, 0.29) is 17.6 Å². The largest absolute Gasteiger partial charge is 0.462 e. The first-order valence-electron chi connectivity index (χ1n) is 8.75. The van der Waals surface area contributed by atoms with Crippen LogP contribution >= 0.6 is 34.7 Å². The molecule has 0 saturated heterocycles. The molecule has 0 aliphatic carbocycles. The molecule has 3 aromatic rings. The summed E-state index contributed by atoms with van der Waals surface area (Å²) in [6.07, 6.45) is 1.58. The average Bonchev–Trinajstić information content (AvgIpc) is 3.29. The van der Waals surface area contributed by atoms with Gasteiger partial charge in [-0.1, -0.05) is 29.4 Å². The topological polar surface area (TPSA) is 86.1 Å². The number of anilines is 1. The monoisotopic (exact) mass is 450 g/mol. The lowest BCUT2D eigenvalue weighted by molar-refractivity contribution is -0.113. The van der Waals surface area contributed by atoms with Crippen molar-refractivity contribution in [1.29, 1.82) is 0 Å². The van der Waals surface area contributed by atoms with Crippen LogP contribution in [0.2, 0.25) is 5.02 Å². The molecule has 0 aliphatic heterocycles. The van der Waals surface area contributed by atoms with E-state index in [0.29, 0.717) is 26.7 Å². The maximum Gasteiger partial charge on any atom is 0.348 e. The zero-order valence-electron chi connectivity index (χ0n) is 16.1. The lowest BCUT2D eigenvalue weighted by Crippen LogP contribution is -2.13. The number of rotatable bonds is 7. The number of hydrogen-bond acceptors (Lipinski definition) is 7. The Kier molecular flexibility index (Phi) is 6.94. The van der Waals surface area contributed by atoms with Gasteiger partial charge in [0.1, 0.15) is 11.2 Å². The number of carbonyl (C=O) groups excluding carboxylic acids is 2. The lowest BCUT2D eigenvalue weighted by Gasteiger charge is -2.08. The van der Waals surface area contributed by atoms with Crippen molar-refractivity contribution in [3.63, 3.8) is 0 Å². The molecule has 152 valence electrons. The first-order chi connectivity index (χ1) is 13.9. The van der Waals surface area contributed by atoms with E-state index in [1.165, 1.54) is 23.1 Å². The van der Waals surface area contributed by atoms with Gasteiger partial charge in [-0.25, -0.2) is 4.79 Å². The Balaban J connectivity index is 1.64. The highest BCUT2D eigenvalue weighted by atomic mass is 35.5. The standard InChI is InChI=1S/C19H19ClN4O3S2/c1-4-27-18(26)17-12(3)7-16(29-17)22-15(25)9-28-19-23-21-10-24(19)13-6-5-11(2)14(20)8-13/h5-8,10H,4,9H2,1-3H3,(H,22,25). The summed E-state index contributed by atoms with van der Waals surface area (Å²) in [5, 5.41) is 12.6. The van der Waals surface area contributed by atoms with Crippen LogP contribution in [0, 0.1) is 13.8 Å². The number of nitrogens with zero attached hydrogens (tertiary/aromatic N) is 3. The number of aryl methyl sites for hydroxylation is 2. The summed E-state index contributed by atoms with van der Waals surface area (Å²) in [5.41, 5.74) is 2.57. The Morgan fingerprint density at radius 1 is 1.28 bits per heavy atom. The number of halogens is 1. The van der Waals surface area contributed by atoms with Gasteiger partial charge in [0, 0.05) is 5.02 Å². The van der Waals surface area contributed by atoms with Crippen molar-refractivity contribution in [1.82, 2.24) is 14.8 Å². The minimum atomic E-state index is -0.380. The molecule has 1 amide bonds. The highest BCUT2D eigenvalue weighted by Crippen LogP contribution is 2.28. The fourth-order valence-electron chi connectivity index (χ4n) is 2.48. The number of carbonyl (C=O) groups is 2. The Bertz CT molecular complexity index is 1050. The van der Waals surface area contributed by atoms with E-state index in [9.17, 15) is 9.59 Å². The number of nitrogens with one attached hydrogen (secondary N) is 1. The number of ether oxygens (including phenoxy) is 1. The van der Waals surface area contributed by atoms with E-state index >= 15 is 0 Å². The molecule has 1 aromatic carbocycles. The highest BCUT2D eigenvalue weighted by molar-refractivity contribution is 7.99. The second kappa shape index (κ2) is 9.43. The molecule has 2 heterocycles. The summed E-state index contributed by atoms with van der Waals surface area (Å²) >= 11 is 8.66. The number of benzene rings is 1. The minimum Gasteiger partial charge on any atom is -0.462 e. The van der Waals surface area contributed by atoms with Gasteiger partial charge in [0.25, 0.3) is 0 Å². The molecule has 0 atom stereocenters. The van der Waals surface area contributed by atoms with Gasteiger partial charge in [-0.15, -0.1) is 21.5 Å². The Hall–Kier alpha value is -2.36. The van der Waals surface area contributed by atoms with Gasteiger partial charge in [-0.3, -0.25) is 9.36 Å². The van der Waals surface area contributed by atoms with E-state index < -0.39 is 0 Å². The van der Waals surface area contributed by atoms with Crippen LogP contribution in [0.15, 0.2) is 35.7 Å². The Morgan fingerprint density at radius 2 is 2.07 bits per heavy atom. The SMILES string of the molecule is CCOC(=O)c1sc(NC(=O)CSc2nncn2-c2ccc(C)c(Cl)c2)cc1C. The molecule has 29 heavy (non-hydrogen) atoms. The van der Waals surface area contributed by atoms with Crippen LogP contribution in [-0.2, 0) is 9.53 Å². The first kappa shape index (κ1) is 21.4. The Morgan fingerprint density at radius 3 is 2.79 bits per heavy atom. The second-order valence-corrected chi connectivity index (χ2v) is 8.50. The number of aromatic nitrogens is 3. The fourth-order valence-corrected chi connectivity index (χ4v) is 4.36. The van der Waals surface area contributed by atoms with Gasteiger partial charge in [-0.2, -0.15) is 0 Å². The van der Waals surface area contributed by atoms with Crippen molar-refractivity contribution in [3.8, 4) is 5.69 Å². The molecule has 0 unspecified atom stereocenters. The van der Waals surface area contributed by atoms with Crippen LogP contribution in [0.1, 0.15) is 27.7 Å². The molecule has 1 N–H and O–H groups in total. The van der Waals surface area contributed by atoms with Crippen LogP contribution in [0.4, 0.5) is 5.00 Å². The van der Waals surface area contributed by atoms with Crippen molar-refractivity contribution in [3.05, 3.63) is 51.6 Å². The molecule has 0 saturated carbocycles. The predicted molar refractivity (Wildman–Crippen MR) is 115 cm³/mol. The van der Waals surface area contributed by atoms with Gasteiger partial charge in [0.15, 0.2) is 5.16 Å². The van der Waals surface area contributed by atoms with Crippen LogP contribution in [0.3, 0.4) is 0 Å². The van der Waals surface area contributed by atoms with Crippen molar-refractivity contribution in [2.45, 2.75) is 25.9 Å². The summed E-state index contributed by atoms with van der Waals surface area (Å²) in [6, 6.07) is 7.42. The van der Waals surface area contributed by atoms with Gasteiger partial charge in [0.2, 0.25) is 5.91 Å². The van der Waals surface area contributed by atoms with Gasteiger partial charge >= 0.3 is 5.97 Å². The molecule has 0 fully saturated rings. The maximum atomic E-state index is 12.4. The molecule has 0 radical (unpaired) electrons. The quantitative estimate of drug-likeness (QED) is 0.421. The first-order valence-corrected chi connectivity index (χ1v) is 10.9. The van der Waals surface area contributed by atoms with Crippen LogP contribution in [0.25, 0.3) is 5.69 Å². The second-order valence-electron chi connectivity index (χ2n) is 6.10. The molecule has 0 bridgehead atoms. The molecule has 2 aromatic heterocycles. The molecule has 7 nitrogen and oxygen atoms in total. The molecule has 0 spiro atoms. The number of thioether (sulfide) groups is 1. The van der Waals surface area contributed by atoms with Gasteiger partial charge < -0.3 is 10.1 Å². The zero-order valence-corrected chi connectivity index (χ0v) is 18.5. The van der Waals surface area contributed by atoms with Crippen molar-refractivity contribution in [2.24, 2.45) is 0 Å². The average molecular weight is 451 g/mol. The molecule has 0 aliphatic rings. The lowest BCUT2D eigenvalue weighted by atomic mass is 10.2. The van der Waals surface area contributed by atoms with E-state index in [1.807, 2.05) is 32.0 Å². The number of thiophene rings is 1. The zero-order chi connectivity index (χ0) is 21.0. The van der Waals surface area contributed by atoms with E-state index in [4.69, 9.17) is 16.3 Å². The van der Waals surface area contributed by atoms with Crippen molar-refractivity contribution >= 4 is 51.6 Å². The van der Waals surface area contributed by atoms with Crippen LogP contribution in [-0.4, -0.2) is 39.0 Å². The predicted octanol–water partition coefficient (Wildman–Crippen LogP) is 4.51. The third kappa shape index (κ3) is 5.17. The summed E-state index contributed by atoms with van der Waals surface area (Å²) in [5.74, 6) is -0.442. The summed E-state index contributed by atoms with van der Waals surface area (Å²) < 4.78 is 6.80. The normalized spacial score (nSPS) is 10.8. The van der Waals surface area contributed by atoms with Crippen molar-refractivity contribution in [2.75, 3.05) is 17.7 Å². The minimum absolute atomic E-state index is 0.143. The van der Waals surface area contributed by atoms with Crippen molar-refractivity contribution < 1.29 is 14.3 Å². The Labute approximate surface area is 181 Å². The number of hydrogen-bond donors (Lipinski definition) is 1. The smallest absolute Gasteiger partial charge is 0.348 e. The summed E-state index contributed by atoms with van der Waals surface area (Å²) in [7, 11) is 0.